The summed E-state index contributed by atoms with van der Waals surface area (Å²) in [6.07, 6.45) is 0. The van der Waals surface area contributed by atoms with Gasteiger partial charge in [-0.05, 0) is 78.6 Å². The first-order chi connectivity index (χ1) is 17.3. The van der Waals surface area contributed by atoms with Crippen molar-refractivity contribution in [2.45, 2.75) is 32.7 Å². The Balaban J connectivity index is 1.91. The quantitative estimate of drug-likeness (QED) is 0.251. The van der Waals surface area contributed by atoms with E-state index in [2.05, 4.69) is 0 Å². The van der Waals surface area contributed by atoms with Crippen LogP contribution in [0.25, 0.3) is 5.76 Å². The van der Waals surface area contributed by atoms with Crippen LogP contribution < -0.4 is 14.4 Å². The molecular weight excluding hydrogens is 461 g/mol. The van der Waals surface area contributed by atoms with Crippen LogP contribution in [-0.4, -0.2) is 30.5 Å². The molecule has 1 fully saturated rings. The van der Waals surface area contributed by atoms with E-state index in [-0.39, 0.29) is 17.3 Å². The van der Waals surface area contributed by atoms with Gasteiger partial charge in [0.15, 0.2) is 0 Å². The van der Waals surface area contributed by atoms with Gasteiger partial charge in [-0.1, -0.05) is 26.0 Å². The molecule has 7 heteroatoms. The van der Waals surface area contributed by atoms with Crippen LogP contribution in [0.3, 0.4) is 0 Å². The predicted octanol–water partition coefficient (Wildman–Crippen LogP) is 5.98. The van der Waals surface area contributed by atoms with Crippen LogP contribution >= 0.6 is 0 Å². The maximum atomic E-state index is 13.7. The molecule has 1 unspecified atom stereocenters. The summed E-state index contributed by atoms with van der Waals surface area (Å²) >= 11 is 0. The molecule has 1 aliphatic rings. The van der Waals surface area contributed by atoms with Crippen LogP contribution in [0.1, 0.15) is 49.4 Å². The van der Waals surface area contributed by atoms with Crippen LogP contribution in [0.2, 0.25) is 0 Å². The zero-order valence-corrected chi connectivity index (χ0v) is 20.6. The molecule has 1 atom stereocenters. The number of rotatable bonds is 7. The minimum Gasteiger partial charge on any atom is -0.507 e. The number of benzene rings is 3. The highest BCUT2D eigenvalue weighted by Gasteiger charge is 2.47. The second kappa shape index (κ2) is 10.2. The van der Waals surface area contributed by atoms with E-state index in [0.717, 1.165) is 5.56 Å². The van der Waals surface area contributed by atoms with E-state index in [0.29, 0.717) is 34.9 Å². The van der Waals surface area contributed by atoms with E-state index in [4.69, 9.17) is 9.47 Å². The van der Waals surface area contributed by atoms with Crippen molar-refractivity contribution in [3.63, 3.8) is 0 Å². The molecule has 0 bridgehead atoms. The van der Waals surface area contributed by atoms with Crippen molar-refractivity contribution >= 4 is 23.1 Å². The molecule has 3 aromatic rings. The third kappa shape index (κ3) is 4.56. The van der Waals surface area contributed by atoms with Crippen molar-refractivity contribution < 1.29 is 28.6 Å². The van der Waals surface area contributed by atoms with Crippen LogP contribution in [0.15, 0.2) is 72.3 Å². The first-order valence-corrected chi connectivity index (χ1v) is 11.7. The Morgan fingerprint density at radius 2 is 1.69 bits per heavy atom. The van der Waals surface area contributed by atoms with E-state index in [9.17, 15) is 19.1 Å². The fourth-order valence-electron chi connectivity index (χ4n) is 4.39. The maximum absolute atomic E-state index is 13.7. The summed E-state index contributed by atoms with van der Waals surface area (Å²) in [6, 6.07) is 16.4. The first kappa shape index (κ1) is 25.0. The molecule has 0 aliphatic carbocycles. The summed E-state index contributed by atoms with van der Waals surface area (Å²) in [5, 5.41) is 11.4. The van der Waals surface area contributed by atoms with Gasteiger partial charge in [-0.3, -0.25) is 14.5 Å². The average Bonchev–Trinajstić information content (AvgIpc) is 3.14. The number of hydrogen-bond acceptors (Lipinski definition) is 5. The SMILES string of the molecule is CCOc1ccc(/C(O)=C2/C(=O)C(=O)N(c3ccc(OC)cc3)C2c2ccc(F)cc2)cc1C(C)C. The molecule has 1 saturated heterocycles. The van der Waals surface area contributed by atoms with Gasteiger partial charge in [-0.15, -0.1) is 0 Å². The highest BCUT2D eigenvalue weighted by molar-refractivity contribution is 6.51. The Bertz CT molecular complexity index is 1310. The zero-order valence-electron chi connectivity index (χ0n) is 20.6. The molecule has 36 heavy (non-hydrogen) atoms. The van der Waals surface area contributed by atoms with Gasteiger partial charge in [0.25, 0.3) is 11.7 Å². The van der Waals surface area contributed by atoms with Gasteiger partial charge in [0.05, 0.1) is 25.3 Å². The number of hydrogen-bond donors (Lipinski definition) is 1. The highest BCUT2D eigenvalue weighted by Crippen LogP contribution is 2.43. The van der Waals surface area contributed by atoms with E-state index >= 15 is 0 Å². The Labute approximate surface area is 209 Å². The lowest BCUT2D eigenvalue weighted by Gasteiger charge is -2.25. The molecule has 0 saturated carbocycles. The minimum absolute atomic E-state index is 0.0682. The Kier molecular flexibility index (Phi) is 7.10. The van der Waals surface area contributed by atoms with Gasteiger partial charge in [-0.2, -0.15) is 0 Å². The fraction of sp³-hybridized carbons (Fsp3) is 0.241. The number of Topliss-reactive ketones (excluding diaryl/α,β-unsaturated/α-hetero) is 1. The van der Waals surface area contributed by atoms with Gasteiger partial charge in [-0.25, -0.2) is 4.39 Å². The van der Waals surface area contributed by atoms with Crippen molar-refractivity contribution in [3.8, 4) is 11.5 Å². The lowest BCUT2D eigenvalue weighted by Crippen LogP contribution is -2.29. The Hall–Kier alpha value is -4.13. The predicted molar refractivity (Wildman–Crippen MR) is 136 cm³/mol. The fourth-order valence-corrected chi connectivity index (χ4v) is 4.39. The lowest BCUT2D eigenvalue weighted by atomic mass is 9.93. The monoisotopic (exact) mass is 489 g/mol. The number of amides is 1. The number of methoxy groups -OCH3 is 1. The van der Waals surface area contributed by atoms with Gasteiger partial charge in [0.2, 0.25) is 0 Å². The van der Waals surface area contributed by atoms with E-state index in [1.54, 1.807) is 42.5 Å². The van der Waals surface area contributed by atoms with Crippen molar-refractivity contribution in [1.82, 2.24) is 0 Å². The van der Waals surface area contributed by atoms with Crippen molar-refractivity contribution in [1.29, 1.82) is 0 Å². The van der Waals surface area contributed by atoms with Crippen molar-refractivity contribution in [3.05, 3.63) is 94.8 Å². The van der Waals surface area contributed by atoms with Crippen molar-refractivity contribution in [2.75, 3.05) is 18.6 Å². The number of carbonyl (C=O) groups is 2. The lowest BCUT2D eigenvalue weighted by molar-refractivity contribution is -0.132. The summed E-state index contributed by atoms with van der Waals surface area (Å²) in [7, 11) is 1.53. The first-order valence-electron chi connectivity index (χ1n) is 11.7. The maximum Gasteiger partial charge on any atom is 0.300 e. The molecule has 6 nitrogen and oxygen atoms in total. The highest BCUT2D eigenvalue weighted by atomic mass is 19.1. The number of anilines is 1. The van der Waals surface area contributed by atoms with E-state index in [1.165, 1.54) is 36.3 Å². The molecule has 3 aromatic carbocycles. The molecule has 0 spiro atoms. The smallest absolute Gasteiger partial charge is 0.300 e. The summed E-state index contributed by atoms with van der Waals surface area (Å²) in [6.45, 7) is 6.38. The van der Waals surface area contributed by atoms with Gasteiger partial charge in [0.1, 0.15) is 23.1 Å². The summed E-state index contributed by atoms with van der Waals surface area (Å²) < 4.78 is 24.7. The normalized spacial score (nSPS) is 17.1. The Morgan fingerprint density at radius 3 is 2.28 bits per heavy atom. The van der Waals surface area contributed by atoms with Crippen LogP contribution in [0.5, 0.6) is 11.5 Å². The summed E-state index contributed by atoms with van der Waals surface area (Å²) in [5.41, 5.74) is 2.12. The Morgan fingerprint density at radius 1 is 1.03 bits per heavy atom. The standard InChI is InChI=1S/C29H28FNO5/c1-5-36-24-15-8-19(16-23(24)17(2)3)27(32)25-26(18-6-9-20(30)10-7-18)31(29(34)28(25)33)21-11-13-22(35-4)14-12-21/h6-17,26,32H,5H2,1-4H3/b27-25-. The zero-order chi connectivity index (χ0) is 26.0. The van der Waals surface area contributed by atoms with Crippen molar-refractivity contribution in [2.24, 2.45) is 0 Å². The van der Waals surface area contributed by atoms with E-state index < -0.39 is 23.5 Å². The number of ether oxygens (including phenoxy) is 2. The number of aliphatic hydroxyl groups excluding tert-OH is 1. The third-order valence-electron chi connectivity index (χ3n) is 6.19. The van der Waals surface area contributed by atoms with Gasteiger partial charge >= 0.3 is 0 Å². The minimum atomic E-state index is -0.951. The van der Waals surface area contributed by atoms with E-state index in [1.807, 2.05) is 20.8 Å². The number of halogens is 1. The largest absolute Gasteiger partial charge is 0.507 e. The van der Waals surface area contributed by atoms with Gasteiger partial charge < -0.3 is 14.6 Å². The number of carbonyl (C=O) groups excluding carboxylic acids is 2. The molecule has 1 N–H and O–H groups in total. The van der Waals surface area contributed by atoms with Crippen LogP contribution in [0, 0.1) is 5.82 Å². The molecular formula is C29H28FNO5. The van der Waals surface area contributed by atoms with Crippen LogP contribution in [-0.2, 0) is 9.59 Å². The molecule has 1 amide bonds. The number of aliphatic hydroxyl groups is 1. The molecule has 1 aliphatic heterocycles. The number of ketones is 1. The molecule has 4 rings (SSSR count). The summed E-state index contributed by atoms with van der Waals surface area (Å²) in [5.74, 6) is -0.989. The van der Waals surface area contributed by atoms with Crippen LogP contribution in [0.4, 0.5) is 10.1 Å². The summed E-state index contributed by atoms with van der Waals surface area (Å²) in [4.78, 5) is 27.9. The molecule has 0 radical (unpaired) electrons. The number of nitrogens with zero attached hydrogens (tertiary/aromatic N) is 1. The van der Waals surface area contributed by atoms with Gasteiger partial charge in [0, 0.05) is 11.3 Å². The molecule has 186 valence electrons. The molecule has 1 heterocycles. The molecule has 0 aromatic heterocycles. The topological polar surface area (TPSA) is 76.1 Å². The second-order valence-electron chi connectivity index (χ2n) is 8.76. The second-order valence-corrected chi connectivity index (χ2v) is 8.76. The average molecular weight is 490 g/mol. The third-order valence-corrected chi connectivity index (χ3v) is 6.19.